The summed E-state index contributed by atoms with van der Waals surface area (Å²) < 4.78 is 0. The van der Waals surface area contributed by atoms with Crippen molar-refractivity contribution >= 4 is 5.91 Å². The van der Waals surface area contributed by atoms with E-state index in [0.29, 0.717) is 24.5 Å². The second-order valence-electron chi connectivity index (χ2n) is 6.95. The van der Waals surface area contributed by atoms with Crippen LogP contribution in [0.2, 0.25) is 0 Å². The Morgan fingerprint density at radius 3 is 2.67 bits per heavy atom. The second kappa shape index (κ2) is 6.76. The van der Waals surface area contributed by atoms with Gasteiger partial charge in [0.25, 0.3) is 0 Å². The van der Waals surface area contributed by atoms with Crippen molar-refractivity contribution in [1.82, 2.24) is 15.5 Å². The molecule has 1 aliphatic carbocycles. The van der Waals surface area contributed by atoms with E-state index >= 15 is 0 Å². The highest BCUT2D eigenvalue weighted by molar-refractivity contribution is 5.79. The maximum Gasteiger partial charge on any atom is 0.235 e. The number of nitrogens with one attached hydrogen (secondary N) is 2. The average molecular weight is 292 g/mol. The van der Waals surface area contributed by atoms with E-state index in [0.717, 1.165) is 25.9 Å². The zero-order chi connectivity index (χ0) is 15.5. The summed E-state index contributed by atoms with van der Waals surface area (Å²) in [6, 6.07) is 3.10. The van der Waals surface area contributed by atoms with E-state index in [2.05, 4.69) is 35.5 Å². The molecule has 0 spiro atoms. The van der Waals surface area contributed by atoms with E-state index in [4.69, 9.17) is 0 Å². The molecule has 2 aliphatic rings. The van der Waals surface area contributed by atoms with Gasteiger partial charge in [0.1, 0.15) is 5.54 Å². The Kier molecular flexibility index (Phi) is 5.23. The molecule has 0 aromatic carbocycles. The Balaban J connectivity index is 1.87. The Bertz CT molecular complexity index is 407. The molecule has 1 saturated carbocycles. The number of hydrogen-bond donors (Lipinski definition) is 2. The van der Waals surface area contributed by atoms with Crippen LogP contribution in [0.3, 0.4) is 0 Å². The number of amides is 1. The Labute approximate surface area is 128 Å². The van der Waals surface area contributed by atoms with Gasteiger partial charge in [-0.15, -0.1) is 0 Å². The van der Waals surface area contributed by atoms with Crippen LogP contribution in [-0.4, -0.2) is 48.1 Å². The lowest BCUT2D eigenvalue weighted by Gasteiger charge is -2.30. The number of nitrogens with zero attached hydrogens (tertiary/aromatic N) is 2. The molecule has 0 aromatic heterocycles. The first-order valence-electron chi connectivity index (χ1n) is 8.14. The molecular formula is C16H28N4O. The minimum atomic E-state index is -0.689. The highest BCUT2D eigenvalue weighted by Gasteiger charge is 2.43. The molecule has 1 amide bonds. The second-order valence-corrected chi connectivity index (χ2v) is 6.95. The quantitative estimate of drug-likeness (QED) is 0.741. The molecule has 5 heteroatoms. The van der Waals surface area contributed by atoms with Crippen LogP contribution >= 0.6 is 0 Å². The van der Waals surface area contributed by atoms with Crippen molar-refractivity contribution in [2.24, 2.45) is 5.92 Å². The van der Waals surface area contributed by atoms with Gasteiger partial charge in [0.05, 0.1) is 12.6 Å². The van der Waals surface area contributed by atoms with Crippen LogP contribution in [-0.2, 0) is 4.79 Å². The van der Waals surface area contributed by atoms with Crippen molar-refractivity contribution in [2.75, 3.05) is 19.6 Å². The molecule has 2 rings (SSSR count). The summed E-state index contributed by atoms with van der Waals surface area (Å²) in [5, 5.41) is 15.8. The van der Waals surface area contributed by atoms with Gasteiger partial charge in [-0.1, -0.05) is 0 Å². The Hall–Kier alpha value is -1.12. The molecule has 1 saturated heterocycles. The molecule has 2 N–H and O–H groups in total. The van der Waals surface area contributed by atoms with Crippen LogP contribution < -0.4 is 10.6 Å². The van der Waals surface area contributed by atoms with Crippen molar-refractivity contribution in [1.29, 1.82) is 5.26 Å². The predicted molar refractivity (Wildman–Crippen MR) is 82.6 cm³/mol. The fourth-order valence-corrected chi connectivity index (χ4v) is 3.05. The van der Waals surface area contributed by atoms with Gasteiger partial charge in [0.2, 0.25) is 5.91 Å². The van der Waals surface area contributed by atoms with Gasteiger partial charge < -0.3 is 10.6 Å². The fraction of sp³-hybridized carbons (Fsp3) is 0.875. The maximum absolute atomic E-state index is 12.3. The lowest BCUT2D eigenvalue weighted by Crippen LogP contribution is -2.52. The molecule has 0 radical (unpaired) electrons. The van der Waals surface area contributed by atoms with E-state index in [-0.39, 0.29) is 5.91 Å². The van der Waals surface area contributed by atoms with E-state index in [1.54, 1.807) is 0 Å². The molecule has 0 bridgehead atoms. The van der Waals surface area contributed by atoms with Crippen LogP contribution in [0.5, 0.6) is 0 Å². The molecular weight excluding hydrogens is 264 g/mol. The third-order valence-corrected chi connectivity index (χ3v) is 4.72. The van der Waals surface area contributed by atoms with Crippen molar-refractivity contribution in [3.63, 3.8) is 0 Å². The van der Waals surface area contributed by atoms with Gasteiger partial charge in [-0.25, -0.2) is 0 Å². The van der Waals surface area contributed by atoms with Gasteiger partial charge >= 0.3 is 0 Å². The fourth-order valence-electron chi connectivity index (χ4n) is 3.05. The summed E-state index contributed by atoms with van der Waals surface area (Å²) in [7, 11) is 0. The van der Waals surface area contributed by atoms with E-state index in [1.807, 2.05) is 6.92 Å². The van der Waals surface area contributed by atoms with Crippen molar-refractivity contribution in [3.05, 3.63) is 0 Å². The van der Waals surface area contributed by atoms with Crippen LogP contribution in [0.4, 0.5) is 0 Å². The van der Waals surface area contributed by atoms with Crippen LogP contribution in [0.25, 0.3) is 0 Å². The van der Waals surface area contributed by atoms with E-state index in [1.165, 1.54) is 12.8 Å². The molecule has 2 atom stereocenters. The zero-order valence-corrected chi connectivity index (χ0v) is 13.5. The molecule has 5 nitrogen and oxygen atoms in total. The lowest BCUT2D eigenvalue weighted by atomic mass is 9.98. The molecule has 2 unspecified atom stereocenters. The highest BCUT2D eigenvalue weighted by atomic mass is 16.2. The van der Waals surface area contributed by atoms with E-state index in [9.17, 15) is 10.1 Å². The molecule has 0 aromatic rings. The third-order valence-electron chi connectivity index (χ3n) is 4.72. The normalized spacial score (nSPS) is 24.9. The van der Waals surface area contributed by atoms with Crippen molar-refractivity contribution < 1.29 is 4.79 Å². The summed E-state index contributed by atoms with van der Waals surface area (Å²) in [6.45, 7) is 8.44. The third kappa shape index (κ3) is 4.42. The van der Waals surface area contributed by atoms with Gasteiger partial charge in [-0.05, 0) is 58.9 Å². The molecule has 2 fully saturated rings. The zero-order valence-electron chi connectivity index (χ0n) is 13.5. The van der Waals surface area contributed by atoms with E-state index < -0.39 is 5.54 Å². The number of carbonyl (C=O) groups excluding carboxylic acids is 1. The first kappa shape index (κ1) is 16.3. The minimum Gasteiger partial charge on any atom is -0.337 e. The monoisotopic (exact) mass is 292 g/mol. The number of hydrogen-bond acceptors (Lipinski definition) is 4. The van der Waals surface area contributed by atoms with Crippen LogP contribution in [0, 0.1) is 17.2 Å². The van der Waals surface area contributed by atoms with Crippen LogP contribution in [0.1, 0.15) is 46.5 Å². The topological polar surface area (TPSA) is 68.2 Å². The lowest BCUT2D eigenvalue weighted by molar-refractivity contribution is -0.124. The largest absolute Gasteiger partial charge is 0.337 e. The maximum atomic E-state index is 12.3. The molecule has 118 valence electrons. The summed E-state index contributed by atoms with van der Waals surface area (Å²) in [5.41, 5.74) is -0.689. The van der Waals surface area contributed by atoms with Gasteiger partial charge in [-0.2, -0.15) is 5.26 Å². The smallest absolute Gasteiger partial charge is 0.235 e. The molecule has 21 heavy (non-hydrogen) atoms. The van der Waals surface area contributed by atoms with Gasteiger partial charge in [0.15, 0.2) is 0 Å². The standard InChI is InChI=1S/C16H28N4O/c1-12(2)20(9-14-5-4-8-18-14)10-15(21)19-16(3,11-17)13-6-7-13/h12-14,18H,4-10H2,1-3H3,(H,19,21). The first-order valence-corrected chi connectivity index (χ1v) is 8.14. The van der Waals surface area contributed by atoms with Gasteiger partial charge in [0, 0.05) is 18.6 Å². The summed E-state index contributed by atoms with van der Waals surface area (Å²) in [5.74, 6) is 0.299. The molecule has 1 heterocycles. The Morgan fingerprint density at radius 2 is 2.19 bits per heavy atom. The summed E-state index contributed by atoms with van der Waals surface area (Å²) in [4.78, 5) is 14.5. The predicted octanol–water partition coefficient (Wildman–Crippen LogP) is 1.26. The molecule has 1 aliphatic heterocycles. The first-order chi connectivity index (χ1) is 9.94. The minimum absolute atomic E-state index is 0.0300. The highest BCUT2D eigenvalue weighted by Crippen LogP contribution is 2.39. The van der Waals surface area contributed by atoms with Crippen LogP contribution in [0.15, 0.2) is 0 Å². The SMILES string of the molecule is CC(C)N(CC(=O)NC(C)(C#N)C1CC1)CC1CCCN1. The van der Waals surface area contributed by atoms with Gasteiger partial charge in [-0.3, -0.25) is 9.69 Å². The number of rotatable bonds is 7. The number of nitriles is 1. The summed E-state index contributed by atoms with van der Waals surface area (Å²) in [6.07, 6.45) is 4.49. The number of carbonyl (C=O) groups is 1. The van der Waals surface area contributed by atoms with Crippen molar-refractivity contribution in [3.8, 4) is 6.07 Å². The average Bonchev–Trinajstić information content (AvgIpc) is 3.17. The summed E-state index contributed by atoms with van der Waals surface area (Å²) >= 11 is 0. The Morgan fingerprint density at radius 1 is 1.48 bits per heavy atom. The van der Waals surface area contributed by atoms with Crippen molar-refractivity contribution in [2.45, 2.75) is 64.1 Å².